The molecule has 1 saturated heterocycles. The van der Waals surface area contributed by atoms with E-state index in [1.165, 1.54) is 171 Å². The molecule has 1 amide bonds. The van der Waals surface area contributed by atoms with Crippen LogP contribution in [0.3, 0.4) is 0 Å². The summed E-state index contributed by atoms with van der Waals surface area (Å²) >= 11 is 0. The lowest BCUT2D eigenvalue weighted by Gasteiger charge is -2.44. The molecular weight excluding hydrogens is 1180 g/mol. The van der Waals surface area contributed by atoms with E-state index in [-0.39, 0.29) is 23.1 Å². The molecule has 4 rings (SSSR count). The lowest BCUT2D eigenvalue weighted by molar-refractivity contribution is -0.294. The number of benzene rings is 3. The Bertz CT molecular complexity index is 2680. The minimum Gasteiger partial charge on any atom is -0.452 e. The fourth-order valence-corrected chi connectivity index (χ4v) is 11.4. The lowest BCUT2D eigenvalue weighted by atomic mass is 9.98. The van der Waals surface area contributed by atoms with Gasteiger partial charge in [-0.15, -0.1) is 0 Å². The van der Waals surface area contributed by atoms with Gasteiger partial charge < -0.3 is 29.0 Å². The van der Waals surface area contributed by atoms with Gasteiger partial charge in [0.1, 0.15) is 12.2 Å². The molecule has 3 N–H and O–H groups in total. The second-order valence-corrected chi connectivity index (χ2v) is 25.3. The van der Waals surface area contributed by atoms with Crippen LogP contribution in [0.4, 0.5) is 0 Å². The van der Waals surface area contributed by atoms with Gasteiger partial charge in [0.2, 0.25) is 5.91 Å². The molecule has 0 unspecified atom stereocenters. The quantitative estimate of drug-likeness (QED) is 0.0156. The van der Waals surface area contributed by atoms with E-state index >= 15 is 0 Å². The standard InChI is InChI=1S/C69H103NO17S2/c1-3-5-7-9-11-13-15-17-18-19-20-21-22-23-24-26-28-30-32-34-45-53-62(71)70-59(60(83-66(72)56-46-38-35-39-47-56)52-44-33-31-29-27-25-16-14-12-10-8-6-4-2)54-81-69-65(87-89(78,79)80)64(86-68(74)58-50-42-37-43-51-58)63(61(84-69)55-82-88(75,76)77)85-67(73)57-48-40-36-41-49-57/h17-18,35-44,46-52,59-61,63-65,69H,3-16,19-34,45,53-55H2,1-2H3,(H,70,71)(H,75,76,77)(H,78,79,80)/b18-17-,52-44+/t59-,60+,61+,63-,64-,65+,69+/m0/s1. The molecule has 0 aliphatic carbocycles. The van der Waals surface area contributed by atoms with Crippen LogP contribution >= 0.6 is 0 Å². The van der Waals surface area contributed by atoms with E-state index in [1.54, 1.807) is 48.5 Å². The minimum absolute atomic E-state index is 0.0454. The summed E-state index contributed by atoms with van der Waals surface area (Å²) in [4.78, 5) is 55.7. The smallest absolute Gasteiger partial charge is 0.397 e. The van der Waals surface area contributed by atoms with Gasteiger partial charge in [-0.1, -0.05) is 241 Å². The van der Waals surface area contributed by atoms with E-state index in [4.69, 9.17) is 32.1 Å². The molecule has 7 atom stereocenters. The molecule has 0 saturated carbocycles. The van der Waals surface area contributed by atoms with Gasteiger partial charge in [0.05, 0.1) is 35.9 Å². The average Bonchev–Trinajstić information content (AvgIpc) is 1.03. The summed E-state index contributed by atoms with van der Waals surface area (Å²) in [6.07, 6.45) is 31.8. The van der Waals surface area contributed by atoms with Crippen LogP contribution in [0.25, 0.3) is 0 Å². The van der Waals surface area contributed by atoms with E-state index in [0.29, 0.717) is 12.8 Å². The summed E-state index contributed by atoms with van der Waals surface area (Å²) < 4.78 is 110. The van der Waals surface area contributed by atoms with Crippen LogP contribution in [0.5, 0.6) is 0 Å². The van der Waals surface area contributed by atoms with Crippen molar-refractivity contribution < 1.29 is 77.2 Å². The number of carbonyl (C=O) groups excluding carboxylic acids is 4. The van der Waals surface area contributed by atoms with Gasteiger partial charge in [0.15, 0.2) is 24.6 Å². The third kappa shape index (κ3) is 34.6. The zero-order chi connectivity index (χ0) is 64.2. The summed E-state index contributed by atoms with van der Waals surface area (Å²) in [5.41, 5.74) is 0.0917. The molecule has 89 heavy (non-hydrogen) atoms. The Labute approximate surface area is 531 Å². The van der Waals surface area contributed by atoms with Gasteiger partial charge in [0.25, 0.3) is 0 Å². The highest BCUT2D eigenvalue weighted by Crippen LogP contribution is 2.33. The summed E-state index contributed by atoms with van der Waals surface area (Å²) in [6, 6.07) is 21.7. The summed E-state index contributed by atoms with van der Waals surface area (Å²) in [7, 11) is -10.8. The van der Waals surface area contributed by atoms with E-state index < -0.39 is 101 Å². The molecule has 0 radical (unpaired) electrons. The molecule has 498 valence electrons. The third-order valence-corrected chi connectivity index (χ3v) is 16.5. The molecule has 1 fully saturated rings. The molecule has 20 heteroatoms. The van der Waals surface area contributed by atoms with Crippen LogP contribution < -0.4 is 5.32 Å². The van der Waals surface area contributed by atoms with Gasteiger partial charge in [-0.25, -0.2) is 22.7 Å². The zero-order valence-corrected chi connectivity index (χ0v) is 54.5. The molecule has 3 aromatic rings. The van der Waals surface area contributed by atoms with E-state index in [1.807, 2.05) is 6.08 Å². The van der Waals surface area contributed by atoms with Gasteiger partial charge in [-0.2, -0.15) is 16.8 Å². The average molecular weight is 1280 g/mol. The van der Waals surface area contributed by atoms with Gasteiger partial charge >= 0.3 is 38.7 Å². The lowest BCUT2D eigenvalue weighted by Crippen LogP contribution is -2.63. The number of unbranched alkanes of at least 4 members (excludes halogenated alkanes) is 28. The van der Waals surface area contributed by atoms with Crippen molar-refractivity contribution in [2.45, 2.75) is 262 Å². The number of ether oxygens (including phenoxy) is 5. The maximum atomic E-state index is 14.1. The molecule has 1 heterocycles. The van der Waals surface area contributed by atoms with Gasteiger partial charge in [-0.05, 0) is 87.4 Å². The fourth-order valence-electron chi connectivity index (χ4n) is 10.6. The highest BCUT2D eigenvalue weighted by Gasteiger charge is 2.54. The number of hydrogen-bond donors (Lipinski definition) is 3. The number of allylic oxidation sites excluding steroid dienone is 3. The van der Waals surface area contributed by atoms with Crippen molar-refractivity contribution in [1.82, 2.24) is 5.32 Å². The number of nitrogens with one attached hydrogen (secondary N) is 1. The van der Waals surface area contributed by atoms with Crippen LogP contribution in [-0.2, 0) is 57.6 Å². The molecule has 18 nitrogen and oxygen atoms in total. The minimum atomic E-state index is -5.54. The van der Waals surface area contributed by atoms with Gasteiger partial charge in [-0.3, -0.25) is 13.9 Å². The number of amides is 1. The Kier molecular flexibility index (Phi) is 39.2. The first kappa shape index (κ1) is 76.1. The molecular formula is C69H103NO17S2. The van der Waals surface area contributed by atoms with E-state index in [2.05, 4.69) is 31.3 Å². The van der Waals surface area contributed by atoms with Crippen molar-refractivity contribution in [3.8, 4) is 0 Å². The molecule has 1 aliphatic rings. The number of rotatable bonds is 50. The third-order valence-electron chi connectivity index (χ3n) is 15.6. The van der Waals surface area contributed by atoms with Crippen molar-refractivity contribution >= 4 is 44.6 Å². The van der Waals surface area contributed by atoms with Crippen LogP contribution in [0.2, 0.25) is 0 Å². The Balaban J connectivity index is 1.53. The normalized spacial score (nSPS) is 17.8. The largest absolute Gasteiger partial charge is 0.452 e. The summed E-state index contributed by atoms with van der Waals surface area (Å²) in [5.74, 6) is -3.37. The fraction of sp³-hybridized carbons (Fsp3) is 0.623. The molecule has 3 aromatic carbocycles. The number of carbonyl (C=O) groups is 4. The first-order valence-corrected chi connectivity index (χ1v) is 35.7. The van der Waals surface area contributed by atoms with Crippen molar-refractivity contribution in [2.24, 2.45) is 0 Å². The van der Waals surface area contributed by atoms with Crippen LogP contribution in [0.15, 0.2) is 115 Å². The Morgan fingerprint density at radius 2 is 0.888 bits per heavy atom. The number of esters is 3. The predicted octanol–water partition coefficient (Wildman–Crippen LogP) is 15.5. The Morgan fingerprint density at radius 3 is 1.31 bits per heavy atom. The first-order valence-electron chi connectivity index (χ1n) is 33.0. The molecule has 1 aliphatic heterocycles. The zero-order valence-electron chi connectivity index (χ0n) is 52.9. The van der Waals surface area contributed by atoms with Crippen molar-refractivity contribution in [2.75, 3.05) is 13.2 Å². The molecule has 0 spiro atoms. The summed E-state index contributed by atoms with van der Waals surface area (Å²) in [6.45, 7) is 2.66. The SMILES string of the molecule is CCCCCCCC/C=C\CCCCCCCCCCCCCC(=O)N[C@@H](CO[C@@H]1O[C@H](COS(=O)(=O)O)[C@H](OC(=O)c2ccccc2)[C@H](OC(=O)c2ccccc2)[C@H]1OS(=O)(=O)O)[C@@H](/C=C/CCCCCCCCCCCCC)OC(=O)c1ccccc1. The van der Waals surface area contributed by atoms with E-state index in [0.717, 1.165) is 64.2 Å². The monoisotopic (exact) mass is 1280 g/mol. The Hall–Kier alpha value is -5.32. The number of hydrogen-bond acceptors (Lipinski definition) is 15. The first-order chi connectivity index (χ1) is 43.1. The summed E-state index contributed by atoms with van der Waals surface area (Å²) in [5, 5.41) is 2.96. The van der Waals surface area contributed by atoms with Crippen LogP contribution in [0.1, 0.15) is 250 Å². The van der Waals surface area contributed by atoms with Gasteiger partial charge in [0, 0.05) is 6.42 Å². The van der Waals surface area contributed by atoms with Crippen LogP contribution in [0, 0.1) is 0 Å². The second-order valence-electron chi connectivity index (χ2n) is 23.2. The van der Waals surface area contributed by atoms with Crippen molar-refractivity contribution in [1.29, 1.82) is 0 Å². The topological polar surface area (TPSA) is 254 Å². The van der Waals surface area contributed by atoms with Crippen LogP contribution in [-0.4, -0.2) is 106 Å². The van der Waals surface area contributed by atoms with Crippen molar-refractivity contribution in [3.05, 3.63) is 132 Å². The highest BCUT2D eigenvalue weighted by molar-refractivity contribution is 7.81. The van der Waals surface area contributed by atoms with Crippen molar-refractivity contribution in [3.63, 3.8) is 0 Å². The molecule has 0 aromatic heterocycles. The predicted molar refractivity (Wildman–Crippen MR) is 345 cm³/mol. The molecule has 0 bridgehead atoms. The second kappa shape index (κ2) is 45.9. The Morgan fingerprint density at radius 1 is 0.494 bits per heavy atom. The van der Waals surface area contributed by atoms with E-state index in [9.17, 15) is 45.1 Å². The highest BCUT2D eigenvalue weighted by atomic mass is 32.3. The maximum Gasteiger partial charge on any atom is 0.397 e. The maximum absolute atomic E-state index is 14.1.